The fourth-order valence-corrected chi connectivity index (χ4v) is 5.00. The Balaban J connectivity index is 1.86. The van der Waals surface area contributed by atoms with Gasteiger partial charge in [0.15, 0.2) is 5.11 Å². The summed E-state index contributed by atoms with van der Waals surface area (Å²) in [6.45, 7) is 9.15. The highest BCUT2D eigenvalue weighted by Gasteiger charge is 2.41. The molecule has 0 spiro atoms. The number of rotatable bonds is 6. The number of aromatic nitrogens is 2. The number of nitrogens with one attached hydrogen (secondary N) is 1. The zero-order valence-corrected chi connectivity index (χ0v) is 19.6. The zero-order chi connectivity index (χ0) is 23.0. The molecule has 0 radical (unpaired) electrons. The number of carboxylic acid groups (broad SMARTS) is 1. The molecule has 0 saturated carbocycles. The number of nitrogens with zero attached hydrogens (tertiary/aromatic N) is 3. The van der Waals surface area contributed by atoms with E-state index in [1.165, 1.54) is 5.56 Å². The Bertz CT molecular complexity index is 1170. The van der Waals surface area contributed by atoms with Crippen LogP contribution in [0.1, 0.15) is 64.0 Å². The zero-order valence-electron chi connectivity index (χ0n) is 18.8. The molecular weight excluding hydrogens is 420 g/mol. The van der Waals surface area contributed by atoms with Crippen molar-refractivity contribution in [3.63, 3.8) is 0 Å². The molecule has 1 fully saturated rings. The summed E-state index contributed by atoms with van der Waals surface area (Å²) in [4.78, 5) is 18.4. The fourth-order valence-electron chi connectivity index (χ4n) is 4.67. The van der Waals surface area contributed by atoms with Gasteiger partial charge in [0.2, 0.25) is 0 Å². The third kappa shape index (κ3) is 3.77. The summed E-state index contributed by atoms with van der Waals surface area (Å²) in [5, 5.41) is 13.7. The van der Waals surface area contributed by atoms with E-state index in [0.29, 0.717) is 0 Å². The van der Waals surface area contributed by atoms with Crippen LogP contribution in [0.2, 0.25) is 0 Å². The predicted octanol–water partition coefficient (Wildman–Crippen LogP) is 4.88. The number of aryl methyl sites for hydroxylation is 2. The van der Waals surface area contributed by atoms with Gasteiger partial charge < -0.3 is 19.9 Å². The second-order valence-electron chi connectivity index (χ2n) is 8.29. The first-order chi connectivity index (χ1) is 15.3. The molecule has 6 nitrogen and oxygen atoms in total. The van der Waals surface area contributed by atoms with Gasteiger partial charge in [-0.25, -0.2) is 4.79 Å². The van der Waals surface area contributed by atoms with Gasteiger partial charge in [-0.1, -0.05) is 19.1 Å². The van der Waals surface area contributed by atoms with E-state index in [-0.39, 0.29) is 17.6 Å². The van der Waals surface area contributed by atoms with Crippen LogP contribution in [0.4, 0.5) is 0 Å². The maximum absolute atomic E-state index is 11.6. The lowest BCUT2D eigenvalue weighted by Gasteiger charge is -2.28. The van der Waals surface area contributed by atoms with E-state index in [0.717, 1.165) is 46.4 Å². The standard InChI is InChI=1S/C25H28N4O2S/c1-5-12-28-23(22(27-25(28)32)20-8-6-7-11-26-20)19-13-16(3)29(17(19)4)21-14-18(24(30)31)10-9-15(21)2/h6-11,13-14,22-23H,5,12H2,1-4H3,(H,27,32)(H,30,31)/t22-,23+/m1/s1. The van der Waals surface area contributed by atoms with Crippen molar-refractivity contribution in [2.45, 2.75) is 46.2 Å². The number of pyridine rings is 1. The summed E-state index contributed by atoms with van der Waals surface area (Å²) >= 11 is 5.72. The minimum Gasteiger partial charge on any atom is -0.478 e. The van der Waals surface area contributed by atoms with Crippen molar-refractivity contribution < 1.29 is 9.90 Å². The Morgan fingerprint density at radius 2 is 1.97 bits per heavy atom. The van der Waals surface area contributed by atoms with E-state index >= 15 is 0 Å². The number of hydrogen-bond donors (Lipinski definition) is 2. The molecule has 1 aromatic carbocycles. The van der Waals surface area contributed by atoms with Crippen molar-refractivity contribution in [1.82, 2.24) is 19.8 Å². The van der Waals surface area contributed by atoms with E-state index < -0.39 is 5.97 Å². The molecule has 0 unspecified atom stereocenters. The maximum Gasteiger partial charge on any atom is 0.335 e. The van der Waals surface area contributed by atoms with E-state index in [2.05, 4.69) is 46.6 Å². The van der Waals surface area contributed by atoms with Crippen molar-refractivity contribution in [3.05, 3.63) is 82.4 Å². The summed E-state index contributed by atoms with van der Waals surface area (Å²) in [5.41, 5.74) is 6.43. The molecule has 7 heteroatoms. The molecule has 0 bridgehead atoms. The molecule has 3 aromatic rings. The molecule has 1 aliphatic rings. The summed E-state index contributed by atoms with van der Waals surface area (Å²) in [6, 6.07) is 13.3. The van der Waals surface area contributed by atoms with Crippen LogP contribution in [-0.4, -0.2) is 37.2 Å². The average molecular weight is 449 g/mol. The Morgan fingerprint density at radius 1 is 1.19 bits per heavy atom. The van der Waals surface area contributed by atoms with Crippen LogP contribution in [-0.2, 0) is 0 Å². The SMILES string of the molecule is CCCN1C(=S)N[C@H](c2ccccn2)[C@@H]1c1cc(C)n(-c2cc(C(=O)O)ccc2C)c1C. The van der Waals surface area contributed by atoms with E-state index in [4.69, 9.17) is 12.2 Å². The Morgan fingerprint density at radius 3 is 2.62 bits per heavy atom. The molecule has 166 valence electrons. The molecule has 2 N–H and O–H groups in total. The van der Waals surface area contributed by atoms with Gasteiger partial charge in [-0.2, -0.15) is 0 Å². The van der Waals surface area contributed by atoms with Crippen molar-refractivity contribution in [3.8, 4) is 5.69 Å². The minimum absolute atomic E-state index is 0.000243. The minimum atomic E-state index is -0.927. The highest BCUT2D eigenvalue weighted by Crippen LogP contribution is 2.41. The van der Waals surface area contributed by atoms with Crippen molar-refractivity contribution in [2.24, 2.45) is 0 Å². The van der Waals surface area contributed by atoms with Gasteiger partial charge in [0.1, 0.15) is 0 Å². The Hall–Kier alpha value is -3.19. The molecule has 0 aliphatic carbocycles. The summed E-state index contributed by atoms with van der Waals surface area (Å²) < 4.78 is 2.15. The normalized spacial score (nSPS) is 18.1. The van der Waals surface area contributed by atoms with Gasteiger partial charge in [0.25, 0.3) is 0 Å². The molecular formula is C25H28N4O2S. The quantitative estimate of drug-likeness (QED) is 0.524. The largest absolute Gasteiger partial charge is 0.478 e. The van der Waals surface area contributed by atoms with Gasteiger partial charge in [-0.05, 0) is 80.9 Å². The Kier molecular flexibility index (Phi) is 6.02. The maximum atomic E-state index is 11.6. The fraction of sp³-hybridized carbons (Fsp3) is 0.320. The van der Waals surface area contributed by atoms with Crippen LogP contribution < -0.4 is 5.32 Å². The molecule has 2 atom stereocenters. The lowest BCUT2D eigenvalue weighted by molar-refractivity contribution is 0.0697. The van der Waals surface area contributed by atoms with E-state index in [1.54, 1.807) is 12.1 Å². The molecule has 32 heavy (non-hydrogen) atoms. The van der Waals surface area contributed by atoms with Crippen molar-refractivity contribution in [1.29, 1.82) is 0 Å². The Labute approximate surface area is 193 Å². The van der Waals surface area contributed by atoms with Gasteiger partial charge in [0, 0.05) is 29.8 Å². The van der Waals surface area contributed by atoms with Crippen LogP contribution in [0, 0.1) is 20.8 Å². The predicted molar refractivity (Wildman–Crippen MR) is 129 cm³/mol. The molecule has 4 rings (SSSR count). The van der Waals surface area contributed by atoms with Crippen LogP contribution in [0.5, 0.6) is 0 Å². The van der Waals surface area contributed by atoms with Gasteiger partial charge >= 0.3 is 5.97 Å². The van der Waals surface area contributed by atoms with Crippen LogP contribution in [0.15, 0.2) is 48.7 Å². The second-order valence-corrected chi connectivity index (χ2v) is 8.67. The number of hydrogen-bond acceptors (Lipinski definition) is 3. The molecule has 0 amide bonds. The third-order valence-corrected chi connectivity index (χ3v) is 6.50. The molecule has 3 heterocycles. The van der Waals surface area contributed by atoms with Crippen molar-refractivity contribution in [2.75, 3.05) is 6.54 Å². The topological polar surface area (TPSA) is 70.4 Å². The molecule has 1 saturated heterocycles. The van der Waals surface area contributed by atoms with Gasteiger partial charge in [-0.3, -0.25) is 4.98 Å². The average Bonchev–Trinajstić information content (AvgIpc) is 3.25. The second kappa shape index (κ2) is 8.74. The van der Waals surface area contributed by atoms with Crippen molar-refractivity contribution >= 4 is 23.3 Å². The first-order valence-corrected chi connectivity index (χ1v) is 11.3. The monoisotopic (exact) mass is 448 g/mol. The number of carboxylic acids is 1. The first kappa shape index (κ1) is 22.0. The van der Waals surface area contributed by atoms with Gasteiger partial charge in [-0.15, -0.1) is 0 Å². The first-order valence-electron chi connectivity index (χ1n) is 10.8. The lowest BCUT2D eigenvalue weighted by Crippen LogP contribution is -2.30. The van der Waals surface area contributed by atoms with Crippen LogP contribution >= 0.6 is 12.2 Å². The highest BCUT2D eigenvalue weighted by atomic mass is 32.1. The highest BCUT2D eigenvalue weighted by molar-refractivity contribution is 7.80. The van der Waals surface area contributed by atoms with Gasteiger partial charge in [0.05, 0.1) is 23.3 Å². The van der Waals surface area contributed by atoms with E-state index in [1.807, 2.05) is 37.4 Å². The van der Waals surface area contributed by atoms with Crippen LogP contribution in [0.3, 0.4) is 0 Å². The third-order valence-electron chi connectivity index (χ3n) is 6.15. The summed E-state index contributed by atoms with van der Waals surface area (Å²) in [7, 11) is 0. The lowest BCUT2D eigenvalue weighted by atomic mass is 9.96. The molecule has 1 aliphatic heterocycles. The number of benzene rings is 1. The van der Waals surface area contributed by atoms with Crippen LogP contribution in [0.25, 0.3) is 5.69 Å². The van der Waals surface area contributed by atoms with E-state index in [9.17, 15) is 9.90 Å². The number of aromatic carboxylic acids is 1. The smallest absolute Gasteiger partial charge is 0.335 e. The number of carbonyl (C=O) groups is 1. The number of thiocarbonyl (C=S) groups is 1. The summed E-state index contributed by atoms with van der Waals surface area (Å²) in [6.07, 6.45) is 2.79. The summed E-state index contributed by atoms with van der Waals surface area (Å²) in [5.74, 6) is -0.927. The molecule has 2 aromatic heterocycles.